The van der Waals surface area contributed by atoms with E-state index in [1.165, 1.54) is 11.8 Å². The van der Waals surface area contributed by atoms with E-state index in [0.29, 0.717) is 17.9 Å². The Hall–Kier alpha value is -1.63. The van der Waals surface area contributed by atoms with Gasteiger partial charge in [-0.3, -0.25) is 4.57 Å². The van der Waals surface area contributed by atoms with Crippen molar-refractivity contribution in [3.63, 3.8) is 0 Å². The molecule has 1 aliphatic heterocycles. The molecule has 0 radical (unpaired) electrons. The molecule has 0 bridgehead atoms. The lowest BCUT2D eigenvalue weighted by molar-refractivity contribution is -0.151. The minimum atomic E-state index is -4.73. The number of ether oxygens (including phenoxy) is 2. The molecule has 2 rings (SSSR count). The van der Waals surface area contributed by atoms with E-state index in [0.717, 1.165) is 16.3 Å². The van der Waals surface area contributed by atoms with Gasteiger partial charge < -0.3 is 14.8 Å². The third kappa shape index (κ3) is 5.67. The number of hydrogen-bond donors (Lipinski definition) is 1. The normalized spacial score (nSPS) is 17.7. The molecule has 1 amide bonds. The number of nitrogens with zero attached hydrogens (tertiary/aromatic N) is 3. The number of halogens is 3. The van der Waals surface area contributed by atoms with Crippen LogP contribution >= 0.6 is 23.5 Å². The average molecular weight is 428 g/mol. The van der Waals surface area contributed by atoms with Gasteiger partial charge in [-0.25, -0.2) is 9.59 Å². The van der Waals surface area contributed by atoms with Crippen LogP contribution in [0.2, 0.25) is 0 Å². The Morgan fingerprint density at radius 1 is 1.44 bits per heavy atom. The Balaban J connectivity index is 2.10. The molecule has 0 aliphatic carbocycles. The van der Waals surface area contributed by atoms with E-state index in [2.05, 4.69) is 15.5 Å². The van der Waals surface area contributed by atoms with Crippen molar-refractivity contribution < 1.29 is 32.2 Å². The van der Waals surface area contributed by atoms with Crippen molar-refractivity contribution in [3.8, 4) is 0 Å². The fraction of sp³-hybridized carbons (Fsp3) is 0.714. The van der Waals surface area contributed by atoms with Crippen molar-refractivity contribution in [1.82, 2.24) is 20.1 Å². The second kappa shape index (κ2) is 9.53. The van der Waals surface area contributed by atoms with Gasteiger partial charge in [0.05, 0.1) is 6.61 Å². The molecule has 2 unspecified atom stereocenters. The molecule has 152 valence electrons. The monoisotopic (exact) mass is 428 g/mol. The van der Waals surface area contributed by atoms with Crippen LogP contribution in [0.4, 0.5) is 18.0 Å². The number of esters is 1. The summed E-state index contributed by atoms with van der Waals surface area (Å²) in [6, 6.07) is -0.940. The van der Waals surface area contributed by atoms with Crippen LogP contribution in [0, 0.1) is 0 Å². The van der Waals surface area contributed by atoms with Gasteiger partial charge in [0.1, 0.15) is 6.04 Å². The summed E-state index contributed by atoms with van der Waals surface area (Å²) in [5.74, 6) is -0.852. The Morgan fingerprint density at radius 3 is 2.81 bits per heavy atom. The van der Waals surface area contributed by atoms with Crippen molar-refractivity contribution in [2.45, 2.75) is 43.4 Å². The number of alkyl halides is 3. The predicted molar refractivity (Wildman–Crippen MR) is 92.4 cm³/mol. The van der Waals surface area contributed by atoms with E-state index >= 15 is 0 Å². The summed E-state index contributed by atoms with van der Waals surface area (Å²) in [5.41, 5.74) is 0. The smallest absolute Gasteiger partial charge is 0.451 e. The van der Waals surface area contributed by atoms with E-state index in [1.54, 1.807) is 6.92 Å². The van der Waals surface area contributed by atoms with Gasteiger partial charge in [0.2, 0.25) is 5.82 Å². The van der Waals surface area contributed by atoms with Crippen LogP contribution in [0.15, 0.2) is 5.16 Å². The van der Waals surface area contributed by atoms with Gasteiger partial charge in [0, 0.05) is 12.2 Å². The summed E-state index contributed by atoms with van der Waals surface area (Å²) in [6.45, 7) is 1.78. The molecule has 0 aromatic carbocycles. The van der Waals surface area contributed by atoms with Gasteiger partial charge in [-0.05, 0) is 25.4 Å². The summed E-state index contributed by atoms with van der Waals surface area (Å²) in [4.78, 5) is 24.1. The van der Waals surface area contributed by atoms with E-state index in [1.807, 2.05) is 6.26 Å². The number of nitrogens with one attached hydrogen (secondary N) is 1. The highest BCUT2D eigenvalue weighted by atomic mass is 32.2. The summed E-state index contributed by atoms with van der Waals surface area (Å²) in [5, 5.41) is 9.06. The zero-order chi connectivity index (χ0) is 20.0. The number of rotatable bonds is 7. The van der Waals surface area contributed by atoms with Crippen LogP contribution in [0.3, 0.4) is 0 Å². The van der Waals surface area contributed by atoms with Crippen LogP contribution in [0.5, 0.6) is 0 Å². The molecule has 2 heterocycles. The van der Waals surface area contributed by atoms with E-state index < -0.39 is 36.3 Å². The molecule has 0 fully saturated rings. The Kier molecular flexibility index (Phi) is 7.65. The largest absolute Gasteiger partial charge is 0.464 e. The predicted octanol–water partition coefficient (Wildman–Crippen LogP) is 2.70. The average Bonchev–Trinajstić information content (AvgIpc) is 3.04. The molecule has 0 saturated heterocycles. The molecule has 1 aromatic heterocycles. The number of fused-ring (bicyclic) bond motifs is 1. The van der Waals surface area contributed by atoms with Crippen molar-refractivity contribution >= 4 is 35.6 Å². The van der Waals surface area contributed by atoms with E-state index in [-0.39, 0.29) is 18.2 Å². The SMILES string of the molecule is CCOC(=O)C(CCSC)NC(=O)OC1CCSc2nnc(C(F)(F)F)n21. The Labute approximate surface area is 161 Å². The van der Waals surface area contributed by atoms with Crippen LogP contribution in [0.25, 0.3) is 0 Å². The molecule has 1 aliphatic rings. The molecule has 13 heteroatoms. The molecule has 1 N–H and O–H groups in total. The number of carbonyl (C=O) groups is 2. The number of thioether (sulfide) groups is 2. The van der Waals surface area contributed by atoms with Gasteiger partial charge in [-0.15, -0.1) is 10.2 Å². The number of hydrogen-bond acceptors (Lipinski definition) is 8. The highest BCUT2D eigenvalue weighted by molar-refractivity contribution is 7.99. The lowest BCUT2D eigenvalue weighted by Gasteiger charge is -2.26. The Morgan fingerprint density at radius 2 is 2.19 bits per heavy atom. The Bertz CT molecular complexity index is 671. The van der Waals surface area contributed by atoms with Gasteiger partial charge >= 0.3 is 18.2 Å². The van der Waals surface area contributed by atoms with Crippen LogP contribution in [-0.4, -0.2) is 57.2 Å². The van der Waals surface area contributed by atoms with Gasteiger partial charge in [0.15, 0.2) is 11.4 Å². The molecule has 8 nitrogen and oxygen atoms in total. The number of amides is 1. The zero-order valence-corrected chi connectivity index (χ0v) is 16.2. The summed E-state index contributed by atoms with van der Waals surface area (Å²) >= 11 is 2.57. The third-order valence-corrected chi connectivity index (χ3v) is 5.14. The molecule has 0 saturated carbocycles. The second-order valence-corrected chi connectivity index (χ2v) is 7.45. The standard InChI is InChI=1S/C14H19F3N4O4S2/c1-3-24-10(22)8(4-6-26-2)18-13(23)25-9-5-7-27-12-20-19-11(21(9)12)14(15,16)17/h8-9H,3-7H2,1-2H3,(H,18,23). The van der Waals surface area contributed by atoms with Crippen LogP contribution in [0.1, 0.15) is 31.8 Å². The molecule has 0 spiro atoms. The first kappa shape index (κ1) is 21.7. The highest BCUT2D eigenvalue weighted by Gasteiger charge is 2.42. The first-order chi connectivity index (χ1) is 12.8. The minimum absolute atomic E-state index is 0.0238. The third-order valence-electron chi connectivity index (χ3n) is 3.52. The highest BCUT2D eigenvalue weighted by Crippen LogP contribution is 2.37. The first-order valence-electron chi connectivity index (χ1n) is 8.05. The summed E-state index contributed by atoms with van der Waals surface area (Å²) < 4.78 is 50.1. The fourth-order valence-corrected chi connectivity index (χ4v) is 3.76. The van der Waals surface area contributed by atoms with Gasteiger partial charge in [0.25, 0.3) is 0 Å². The second-order valence-electron chi connectivity index (χ2n) is 5.40. The molecular formula is C14H19F3N4O4S2. The lowest BCUT2D eigenvalue weighted by atomic mass is 10.2. The maximum absolute atomic E-state index is 13.1. The molecule has 2 atom stereocenters. The first-order valence-corrected chi connectivity index (χ1v) is 10.4. The van der Waals surface area contributed by atoms with Crippen LogP contribution in [-0.2, 0) is 20.4 Å². The van der Waals surface area contributed by atoms with Crippen molar-refractivity contribution in [1.29, 1.82) is 0 Å². The zero-order valence-electron chi connectivity index (χ0n) is 14.6. The maximum Gasteiger partial charge on any atom is 0.451 e. The van der Waals surface area contributed by atoms with E-state index in [4.69, 9.17) is 9.47 Å². The van der Waals surface area contributed by atoms with Gasteiger partial charge in [-0.2, -0.15) is 24.9 Å². The maximum atomic E-state index is 13.1. The minimum Gasteiger partial charge on any atom is -0.464 e. The summed E-state index contributed by atoms with van der Waals surface area (Å²) in [7, 11) is 0. The summed E-state index contributed by atoms with van der Waals surface area (Å²) in [6.07, 6.45) is -4.64. The molecule has 1 aromatic rings. The molecule has 27 heavy (non-hydrogen) atoms. The van der Waals surface area contributed by atoms with Crippen molar-refractivity contribution in [3.05, 3.63) is 5.82 Å². The lowest BCUT2D eigenvalue weighted by Crippen LogP contribution is -2.43. The van der Waals surface area contributed by atoms with Crippen LogP contribution < -0.4 is 5.32 Å². The number of carbonyl (C=O) groups excluding carboxylic acids is 2. The van der Waals surface area contributed by atoms with Gasteiger partial charge in [-0.1, -0.05) is 11.8 Å². The molecular weight excluding hydrogens is 409 g/mol. The van der Waals surface area contributed by atoms with Crippen molar-refractivity contribution in [2.24, 2.45) is 0 Å². The topological polar surface area (TPSA) is 95.3 Å². The number of aromatic nitrogens is 3. The van der Waals surface area contributed by atoms with E-state index in [9.17, 15) is 22.8 Å². The number of alkyl carbamates (subject to hydrolysis) is 1. The van der Waals surface area contributed by atoms with Crippen molar-refractivity contribution in [2.75, 3.05) is 24.4 Å². The fourth-order valence-electron chi connectivity index (χ4n) is 2.35. The quantitative estimate of drug-likeness (QED) is 0.663.